The maximum Gasteiger partial charge on any atom is 0.185 e. The first-order valence-electron chi connectivity index (χ1n) is 5.09. The molecule has 0 aliphatic carbocycles. The van der Waals surface area contributed by atoms with Crippen molar-refractivity contribution >= 4 is 16.9 Å². The Kier molecular flexibility index (Phi) is 5.58. The molecule has 90 valence electrons. The molecule has 2 nitrogen and oxygen atoms in total. The number of carbonyl (C=O) groups is 1. The standard InChI is InChI=1S/C13H13FO2S/c1-10(15)17-8-4-3-5-11-6-7-12(14)9-13(11)16-2/h6-7,9H,4,8H2,1-2H3. The molecule has 0 unspecified atom stereocenters. The van der Waals surface area contributed by atoms with Crippen LogP contribution in [0.15, 0.2) is 18.2 Å². The monoisotopic (exact) mass is 252 g/mol. The highest BCUT2D eigenvalue weighted by Crippen LogP contribution is 2.18. The minimum absolute atomic E-state index is 0.0890. The minimum atomic E-state index is -0.348. The third-order valence-electron chi connectivity index (χ3n) is 1.92. The number of ether oxygens (including phenoxy) is 1. The number of hydrogen-bond acceptors (Lipinski definition) is 3. The van der Waals surface area contributed by atoms with Crippen molar-refractivity contribution in [1.82, 2.24) is 0 Å². The number of benzene rings is 1. The van der Waals surface area contributed by atoms with Gasteiger partial charge in [0.05, 0.1) is 12.7 Å². The van der Waals surface area contributed by atoms with Gasteiger partial charge in [-0.05, 0) is 12.1 Å². The topological polar surface area (TPSA) is 26.3 Å². The molecule has 0 bridgehead atoms. The fraction of sp³-hybridized carbons (Fsp3) is 0.308. The average Bonchev–Trinajstić information content (AvgIpc) is 2.29. The van der Waals surface area contributed by atoms with Crippen LogP contribution in [0.5, 0.6) is 5.75 Å². The van der Waals surface area contributed by atoms with Crippen LogP contribution in [0.4, 0.5) is 4.39 Å². The molecule has 0 saturated heterocycles. The summed E-state index contributed by atoms with van der Waals surface area (Å²) in [4.78, 5) is 10.7. The van der Waals surface area contributed by atoms with E-state index in [1.165, 1.54) is 37.9 Å². The third-order valence-corrected chi connectivity index (χ3v) is 2.73. The van der Waals surface area contributed by atoms with Crippen LogP contribution in [-0.4, -0.2) is 18.0 Å². The lowest BCUT2D eigenvalue weighted by atomic mass is 10.2. The Labute approximate surface area is 105 Å². The molecular weight excluding hydrogens is 239 g/mol. The van der Waals surface area contributed by atoms with Gasteiger partial charge in [-0.2, -0.15) is 0 Å². The van der Waals surface area contributed by atoms with Crippen molar-refractivity contribution in [2.45, 2.75) is 13.3 Å². The second kappa shape index (κ2) is 6.97. The molecule has 4 heteroatoms. The van der Waals surface area contributed by atoms with Crippen molar-refractivity contribution in [2.24, 2.45) is 0 Å². The Morgan fingerprint density at radius 2 is 2.29 bits per heavy atom. The maximum absolute atomic E-state index is 12.9. The molecule has 0 amide bonds. The quantitative estimate of drug-likeness (QED) is 0.611. The van der Waals surface area contributed by atoms with E-state index in [-0.39, 0.29) is 10.9 Å². The van der Waals surface area contributed by atoms with E-state index in [0.29, 0.717) is 23.5 Å². The van der Waals surface area contributed by atoms with Crippen LogP contribution >= 0.6 is 11.8 Å². The Morgan fingerprint density at radius 1 is 1.53 bits per heavy atom. The molecule has 0 aliphatic heterocycles. The fourth-order valence-corrected chi connectivity index (χ4v) is 1.66. The average molecular weight is 252 g/mol. The number of rotatable bonds is 3. The Hall–Kier alpha value is -1.47. The second-order valence-electron chi connectivity index (χ2n) is 3.24. The van der Waals surface area contributed by atoms with Gasteiger partial charge < -0.3 is 4.74 Å². The highest BCUT2D eigenvalue weighted by atomic mass is 32.2. The molecule has 0 spiro atoms. The van der Waals surface area contributed by atoms with E-state index < -0.39 is 0 Å². The van der Waals surface area contributed by atoms with Crippen molar-refractivity contribution in [3.63, 3.8) is 0 Å². The third kappa shape index (κ3) is 4.92. The Morgan fingerprint density at radius 3 is 2.94 bits per heavy atom. The molecule has 1 rings (SSSR count). The summed E-state index contributed by atoms with van der Waals surface area (Å²) in [6, 6.07) is 4.23. The van der Waals surface area contributed by atoms with Crippen LogP contribution in [0.3, 0.4) is 0 Å². The lowest BCUT2D eigenvalue weighted by Crippen LogP contribution is -1.89. The van der Waals surface area contributed by atoms with E-state index in [1.807, 2.05) is 0 Å². The first-order chi connectivity index (χ1) is 8.13. The highest BCUT2D eigenvalue weighted by molar-refractivity contribution is 8.13. The second-order valence-corrected chi connectivity index (χ2v) is 4.51. The van der Waals surface area contributed by atoms with Gasteiger partial charge >= 0.3 is 0 Å². The first-order valence-corrected chi connectivity index (χ1v) is 6.08. The van der Waals surface area contributed by atoms with Crippen LogP contribution in [-0.2, 0) is 4.79 Å². The lowest BCUT2D eigenvalue weighted by molar-refractivity contribution is -0.109. The summed E-state index contributed by atoms with van der Waals surface area (Å²) in [5.74, 6) is 6.58. The number of methoxy groups -OCH3 is 1. The normalized spacial score (nSPS) is 9.35. The first kappa shape index (κ1) is 13.6. The van der Waals surface area contributed by atoms with Crippen LogP contribution in [0.25, 0.3) is 0 Å². The van der Waals surface area contributed by atoms with Crippen LogP contribution in [0.1, 0.15) is 18.9 Å². The van der Waals surface area contributed by atoms with Crippen molar-refractivity contribution in [3.05, 3.63) is 29.6 Å². The fourth-order valence-electron chi connectivity index (χ4n) is 1.17. The van der Waals surface area contributed by atoms with E-state index in [1.54, 1.807) is 6.07 Å². The lowest BCUT2D eigenvalue weighted by Gasteiger charge is -2.02. The van der Waals surface area contributed by atoms with Crippen LogP contribution < -0.4 is 4.74 Å². The molecular formula is C13H13FO2S. The molecule has 0 aromatic heterocycles. The number of thioether (sulfide) groups is 1. The molecule has 0 N–H and O–H groups in total. The van der Waals surface area contributed by atoms with Gasteiger partial charge in [-0.25, -0.2) is 4.39 Å². The van der Waals surface area contributed by atoms with Crippen molar-refractivity contribution in [1.29, 1.82) is 0 Å². The molecule has 1 aromatic rings. The molecule has 0 atom stereocenters. The van der Waals surface area contributed by atoms with E-state index in [0.717, 1.165) is 0 Å². The minimum Gasteiger partial charge on any atom is -0.495 e. The molecule has 0 saturated carbocycles. The molecule has 1 aromatic carbocycles. The molecule has 17 heavy (non-hydrogen) atoms. The van der Waals surface area contributed by atoms with Gasteiger partial charge in [0, 0.05) is 25.2 Å². The van der Waals surface area contributed by atoms with Crippen LogP contribution in [0.2, 0.25) is 0 Å². The van der Waals surface area contributed by atoms with Gasteiger partial charge in [0.25, 0.3) is 0 Å². The van der Waals surface area contributed by atoms with Gasteiger partial charge in [-0.3, -0.25) is 4.79 Å². The SMILES string of the molecule is COc1cc(F)ccc1C#CCCSC(C)=O. The number of carbonyl (C=O) groups excluding carboxylic acids is 1. The molecule has 0 aliphatic rings. The van der Waals surface area contributed by atoms with E-state index >= 15 is 0 Å². The molecule has 0 heterocycles. The summed E-state index contributed by atoms with van der Waals surface area (Å²) in [5, 5.41) is 0.0890. The maximum atomic E-state index is 12.9. The number of halogens is 1. The predicted molar refractivity (Wildman–Crippen MR) is 67.6 cm³/mol. The summed E-state index contributed by atoms with van der Waals surface area (Å²) < 4.78 is 17.9. The van der Waals surface area contributed by atoms with E-state index in [4.69, 9.17) is 4.74 Å². The smallest absolute Gasteiger partial charge is 0.185 e. The van der Waals surface area contributed by atoms with Crippen molar-refractivity contribution in [2.75, 3.05) is 12.9 Å². The zero-order valence-corrected chi connectivity index (χ0v) is 10.6. The van der Waals surface area contributed by atoms with Gasteiger partial charge in [0.1, 0.15) is 11.6 Å². The van der Waals surface area contributed by atoms with Gasteiger partial charge in [0.15, 0.2) is 5.12 Å². The Bertz CT molecular complexity index is 460. The highest BCUT2D eigenvalue weighted by Gasteiger charge is 2.01. The van der Waals surface area contributed by atoms with Gasteiger partial charge in [-0.1, -0.05) is 23.6 Å². The largest absolute Gasteiger partial charge is 0.495 e. The van der Waals surface area contributed by atoms with Crippen LogP contribution in [0, 0.1) is 17.7 Å². The summed E-state index contributed by atoms with van der Waals surface area (Å²) in [6.45, 7) is 1.53. The van der Waals surface area contributed by atoms with Gasteiger partial charge in [0.2, 0.25) is 0 Å². The molecule has 0 fully saturated rings. The summed E-state index contributed by atoms with van der Waals surface area (Å²) in [6.07, 6.45) is 0.616. The zero-order valence-electron chi connectivity index (χ0n) is 9.75. The summed E-state index contributed by atoms with van der Waals surface area (Å²) in [7, 11) is 1.48. The predicted octanol–water partition coefficient (Wildman–Crippen LogP) is 2.86. The summed E-state index contributed by atoms with van der Waals surface area (Å²) in [5.41, 5.74) is 0.654. The number of hydrogen-bond donors (Lipinski definition) is 0. The summed E-state index contributed by atoms with van der Waals surface area (Å²) >= 11 is 1.25. The van der Waals surface area contributed by atoms with Gasteiger partial charge in [-0.15, -0.1) is 0 Å². The molecule has 0 radical (unpaired) electrons. The van der Waals surface area contributed by atoms with Crippen molar-refractivity contribution in [3.8, 4) is 17.6 Å². The zero-order chi connectivity index (χ0) is 12.7. The van der Waals surface area contributed by atoms with E-state index in [9.17, 15) is 9.18 Å². The van der Waals surface area contributed by atoms with E-state index in [2.05, 4.69) is 11.8 Å². The Balaban J connectivity index is 2.62. The van der Waals surface area contributed by atoms with Crippen molar-refractivity contribution < 1.29 is 13.9 Å².